The SMILES string of the molecule is O=[C]SNc1ccc(Cl)c(Cl)c1. The molecule has 0 saturated carbocycles. The minimum atomic E-state index is 0.452. The first-order valence-electron chi connectivity index (χ1n) is 2.98. The fourth-order valence-corrected chi connectivity index (χ4v) is 1.22. The van der Waals surface area contributed by atoms with Crippen molar-refractivity contribution in [3.8, 4) is 0 Å². The molecule has 0 atom stereocenters. The van der Waals surface area contributed by atoms with E-state index in [1.165, 1.54) is 0 Å². The van der Waals surface area contributed by atoms with Gasteiger partial charge < -0.3 is 4.72 Å². The molecular formula is C7H4Cl2NOS. The van der Waals surface area contributed by atoms with Gasteiger partial charge in [0, 0.05) is 17.6 Å². The summed E-state index contributed by atoms with van der Waals surface area (Å²) < 4.78 is 2.71. The average Bonchev–Trinajstić information content (AvgIpc) is 2.07. The Morgan fingerprint density at radius 1 is 1.33 bits per heavy atom. The van der Waals surface area contributed by atoms with Crippen molar-refractivity contribution in [2.45, 2.75) is 0 Å². The lowest BCUT2D eigenvalue weighted by Crippen LogP contribution is -1.85. The smallest absolute Gasteiger partial charge is 0.288 e. The molecule has 0 unspecified atom stereocenters. The zero-order valence-corrected chi connectivity index (χ0v) is 8.13. The van der Waals surface area contributed by atoms with Crippen molar-refractivity contribution < 1.29 is 4.79 Å². The lowest BCUT2D eigenvalue weighted by Gasteiger charge is -2.01. The van der Waals surface area contributed by atoms with Gasteiger partial charge in [0.1, 0.15) is 0 Å². The van der Waals surface area contributed by atoms with Crippen LogP contribution in [0.3, 0.4) is 0 Å². The van der Waals surface area contributed by atoms with Gasteiger partial charge in [0.15, 0.2) is 0 Å². The van der Waals surface area contributed by atoms with Crippen LogP contribution in [-0.2, 0) is 4.79 Å². The van der Waals surface area contributed by atoms with Gasteiger partial charge >= 0.3 is 0 Å². The second-order valence-corrected chi connectivity index (χ2v) is 3.31. The second-order valence-electron chi connectivity index (χ2n) is 1.92. The van der Waals surface area contributed by atoms with Crippen LogP contribution in [0.15, 0.2) is 18.2 Å². The Balaban J connectivity index is 2.75. The van der Waals surface area contributed by atoms with Gasteiger partial charge in [0.25, 0.3) is 5.62 Å². The lowest BCUT2D eigenvalue weighted by molar-refractivity contribution is 0.570. The van der Waals surface area contributed by atoms with Crippen LogP contribution in [0.2, 0.25) is 10.0 Å². The van der Waals surface area contributed by atoms with Gasteiger partial charge in [0.05, 0.1) is 10.0 Å². The molecule has 63 valence electrons. The third-order valence-electron chi connectivity index (χ3n) is 1.13. The van der Waals surface area contributed by atoms with E-state index < -0.39 is 0 Å². The van der Waals surface area contributed by atoms with E-state index in [2.05, 4.69) is 4.72 Å². The monoisotopic (exact) mass is 220 g/mol. The topological polar surface area (TPSA) is 29.1 Å². The van der Waals surface area contributed by atoms with E-state index in [0.29, 0.717) is 10.0 Å². The minimum absolute atomic E-state index is 0.452. The van der Waals surface area contributed by atoms with E-state index in [4.69, 9.17) is 23.2 Å². The zero-order chi connectivity index (χ0) is 8.97. The maximum atomic E-state index is 9.85. The molecule has 0 fully saturated rings. The fourth-order valence-electron chi connectivity index (χ4n) is 0.639. The van der Waals surface area contributed by atoms with Crippen molar-refractivity contribution in [3.05, 3.63) is 28.2 Å². The Bertz CT molecular complexity index is 293. The van der Waals surface area contributed by atoms with Crippen LogP contribution >= 0.6 is 35.1 Å². The van der Waals surface area contributed by atoms with Crippen molar-refractivity contribution in [3.63, 3.8) is 0 Å². The van der Waals surface area contributed by atoms with E-state index in [0.717, 1.165) is 17.6 Å². The Hall–Kier alpha value is -0.380. The summed E-state index contributed by atoms with van der Waals surface area (Å²) in [6.45, 7) is 0. The third-order valence-corrected chi connectivity index (χ3v) is 2.29. The summed E-state index contributed by atoms with van der Waals surface area (Å²) in [5.74, 6) is 0. The quantitative estimate of drug-likeness (QED) is 0.795. The van der Waals surface area contributed by atoms with E-state index in [-0.39, 0.29) is 0 Å². The van der Waals surface area contributed by atoms with Crippen LogP contribution in [0, 0.1) is 0 Å². The van der Waals surface area contributed by atoms with Crippen LogP contribution in [0.4, 0.5) is 5.69 Å². The number of hydrogen-bond acceptors (Lipinski definition) is 3. The summed E-state index contributed by atoms with van der Waals surface area (Å²) in [6.07, 6.45) is 0. The van der Waals surface area contributed by atoms with E-state index >= 15 is 0 Å². The molecule has 1 N–H and O–H groups in total. The predicted octanol–water partition coefficient (Wildman–Crippen LogP) is 3.12. The van der Waals surface area contributed by atoms with Crippen molar-refractivity contribution in [2.24, 2.45) is 0 Å². The first-order valence-corrected chi connectivity index (χ1v) is 4.55. The summed E-state index contributed by atoms with van der Waals surface area (Å²) in [4.78, 5) is 9.85. The predicted molar refractivity (Wildman–Crippen MR) is 53.4 cm³/mol. The maximum Gasteiger partial charge on any atom is 0.288 e. The number of hydrogen-bond donors (Lipinski definition) is 1. The molecule has 0 aliphatic carbocycles. The highest BCUT2D eigenvalue weighted by molar-refractivity contribution is 8.13. The molecule has 0 amide bonds. The largest absolute Gasteiger partial charge is 0.323 e. The Labute approximate surface area is 84.4 Å². The van der Waals surface area contributed by atoms with E-state index in [1.807, 2.05) is 0 Å². The summed E-state index contributed by atoms with van der Waals surface area (Å²) in [5, 5.41) is 0.940. The van der Waals surface area contributed by atoms with Crippen LogP contribution in [0.5, 0.6) is 0 Å². The van der Waals surface area contributed by atoms with E-state index in [1.54, 1.807) is 23.8 Å². The maximum absolute atomic E-state index is 9.85. The van der Waals surface area contributed by atoms with Crippen molar-refractivity contribution >= 4 is 46.5 Å². The summed E-state index contributed by atoms with van der Waals surface area (Å²) >= 11 is 12.2. The van der Waals surface area contributed by atoms with Crippen molar-refractivity contribution in [1.29, 1.82) is 0 Å². The Morgan fingerprint density at radius 2 is 2.08 bits per heavy atom. The Morgan fingerprint density at radius 3 is 2.67 bits per heavy atom. The van der Waals surface area contributed by atoms with Crippen molar-refractivity contribution in [2.75, 3.05) is 4.72 Å². The molecule has 5 heteroatoms. The van der Waals surface area contributed by atoms with E-state index in [9.17, 15) is 4.79 Å². The first kappa shape index (κ1) is 9.71. The molecule has 2 nitrogen and oxygen atoms in total. The highest BCUT2D eigenvalue weighted by Crippen LogP contribution is 2.25. The number of anilines is 1. The van der Waals surface area contributed by atoms with Crippen molar-refractivity contribution in [1.82, 2.24) is 0 Å². The zero-order valence-electron chi connectivity index (χ0n) is 5.80. The second kappa shape index (κ2) is 4.60. The summed E-state index contributed by atoms with van der Waals surface area (Å²) in [5.41, 5.74) is 2.35. The molecule has 1 aromatic rings. The number of halogens is 2. The molecule has 0 saturated heterocycles. The molecule has 1 rings (SSSR count). The molecule has 1 radical (unpaired) electrons. The normalized spacial score (nSPS) is 9.50. The standard InChI is InChI=1S/C7H4Cl2NOS/c8-6-2-1-5(3-7(6)9)10-12-4-11/h1-3,10H. The van der Waals surface area contributed by atoms with Gasteiger partial charge in [0.2, 0.25) is 0 Å². The first-order chi connectivity index (χ1) is 5.74. The fraction of sp³-hybridized carbons (Fsp3) is 0. The van der Waals surface area contributed by atoms with Gasteiger partial charge in [-0.05, 0) is 18.2 Å². The molecule has 0 bridgehead atoms. The number of rotatable bonds is 3. The molecule has 0 heterocycles. The van der Waals surface area contributed by atoms with Gasteiger partial charge in [-0.15, -0.1) is 0 Å². The minimum Gasteiger partial charge on any atom is -0.323 e. The van der Waals surface area contributed by atoms with Crippen LogP contribution in [-0.4, -0.2) is 5.62 Å². The highest BCUT2D eigenvalue weighted by atomic mass is 35.5. The summed E-state index contributed by atoms with van der Waals surface area (Å²) in [6, 6.07) is 5.00. The number of benzene rings is 1. The highest BCUT2D eigenvalue weighted by Gasteiger charge is 1.98. The van der Waals surface area contributed by atoms with Gasteiger partial charge in [-0.3, -0.25) is 4.79 Å². The Kier molecular flexibility index (Phi) is 3.72. The molecule has 1 aromatic carbocycles. The third kappa shape index (κ3) is 2.59. The molecule has 0 aliphatic rings. The van der Waals surface area contributed by atoms with Crippen LogP contribution in [0.1, 0.15) is 0 Å². The van der Waals surface area contributed by atoms with Crippen LogP contribution < -0.4 is 4.72 Å². The van der Waals surface area contributed by atoms with Gasteiger partial charge in [-0.2, -0.15) is 0 Å². The average molecular weight is 221 g/mol. The van der Waals surface area contributed by atoms with Crippen LogP contribution in [0.25, 0.3) is 0 Å². The lowest BCUT2D eigenvalue weighted by atomic mass is 10.3. The number of nitrogens with one attached hydrogen (secondary N) is 1. The van der Waals surface area contributed by atoms with Gasteiger partial charge in [-0.1, -0.05) is 23.2 Å². The number of carbonyl (C=O) groups excluding carboxylic acids is 1. The van der Waals surface area contributed by atoms with Gasteiger partial charge in [-0.25, -0.2) is 0 Å². The molecule has 0 aliphatic heterocycles. The summed E-state index contributed by atoms with van der Waals surface area (Å²) in [7, 11) is 0. The molecule has 0 aromatic heterocycles. The molecule has 12 heavy (non-hydrogen) atoms. The molecule has 0 spiro atoms. The molecular weight excluding hydrogens is 217 g/mol.